The summed E-state index contributed by atoms with van der Waals surface area (Å²) in [6, 6.07) is 2.89. The lowest BCUT2D eigenvalue weighted by Gasteiger charge is -2.12. The van der Waals surface area contributed by atoms with Crippen LogP contribution in [-0.4, -0.2) is 36.7 Å². The van der Waals surface area contributed by atoms with E-state index >= 15 is 0 Å². The Balaban J connectivity index is 2.34. The molecule has 5 nitrogen and oxygen atoms in total. The zero-order valence-corrected chi connectivity index (χ0v) is 12.8. The van der Waals surface area contributed by atoms with Gasteiger partial charge in [-0.25, -0.2) is 0 Å². The van der Waals surface area contributed by atoms with Crippen molar-refractivity contribution in [2.24, 2.45) is 4.40 Å². The van der Waals surface area contributed by atoms with Crippen LogP contribution in [0.1, 0.15) is 0 Å². The van der Waals surface area contributed by atoms with Gasteiger partial charge in [0.1, 0.15) is 4.21 Å². The van der Waals surface area contributed by atoms with Crippen molar-refractivity contribution in [2.45, 2.75) is 4.21 Å². The van der Waals surface area contributed by atoms with Crippen molar-refractivity contribution < 1.29 is 13.2 Å². The van der Waals surface area contributed by atoms with Crippen molar-refractivity contribution in [1.29, 1.82) is 0 Å². The van der Waals surface area contributed by atoms with E-state index < -0.39 is 10.0 Å². The lowest BCUT2D eigenvalue weighted by molar-refractivity contribution is -0.123. The maximum atomic E-state index is 12.0. The van der Waals surface area contributed by atoms with Gasteiger partial charge in [0.05, 0.1) is 10.1 Å². The van der Waals surface area contributed by atoms with E-state index in [0.717, 1.165) is 23.1 Å². The highest BCUT2D eigenvalue weighted by atomic mass is 35.5. The van der Waals surface area contributed by atoms with Gasteiger partial charge < -0.3 is 0 Å². The minimum Gasteiger partial charge on any atom is -0.286 e. The number of thioether (sulfide) groups is 1. The molecule has 1 aliphatic heterocycles. The number of rotatable bonds is 4. The van der Waals surface area contributed by atoms with Gasteiger partial charge in [-0.1, -0.05) is 29.4 Å². The second kappa shape index (κ2) is 5.66. The number of sulfonamides is 1. The third-order valence-corrected chi connectivity index (χ3v) is 6.21. The van der Waals surface area contributed by atoms with E-state index in [1.165, 1.54) is 23.1 Å². The number of halogens is 1. The molecule has 0 saturated carbocycles. The van der Waals surface area contributed by atoms with Gasteiger partial charge in [0.15, 0.2) is 5.17 Å². The summed E-state index contributed by atoms with van der Waals surface area (Å²) in [6.07, 6.45) is 1.52. The van der Waals surface area contributed by atoms with Crippen LogP contribution in [0.25, 0.3) is 0 Å². The van der Waals surface area contributed by atoms with E-state index in [9.17, 15) is 13.2 Å². The molecule has 0 spiro atoms. The molecule has 1 saturated heterocycles. The summed E-state index contributed by atoms with van der Waals surface area (Å²) < 4.78 is 28.2. The standard InChI is InChI=1S/C10H9ClN2O3S3/c1-2-5-13-8(14)6-17-10(13)12-19(15,16)9-4-3-7(11)18-9/h2-4H,1,5-6H2/b12-10+. The number of amidine groups is 1. The molecule has 0 N–H and O–H groups in total. The lowest BCUT2D eigenvalue weighted by atomic mass is 10.5. The molecule has 1 fully saturated rings. The Morgan fingerprint density at radius 2 is 2.26 bits per heavy atom. The Bertz CT molecular complexity index is 651. The topological polar surface area (TPSA) is 66.8 Å². The second-order valence-corrected chi connectivity index (χ2v) is 7.98. The molecule has 102 valence electrons. The molecule has 0 bridgehead atoms. The molecule has 1 aliphatic rings. The summed E-state index contributed by atoms with van der Waals surface area (Å²) in [5.74, 6) is 0.0102. The maximum Gasteiger partial charge on any atom is 0.294 e. The molecule has 0 unspecified atom stereocenters. The summed E-state index contributed by atoms with van der Waals surface area (Å²) >= 11 is 7.74. The smallest absolute Gasteiger partial charge is 0.286 e. The van der Waals surface area contributed by atoms with Crippen molar-refractivity contribution in [3.63, 3.8) is 0 Å². The molecular weight excluding hydrogens is 328 g/mol. The first-order valence-electron chi connectivity index (χ1n) is 5.08. The number of carbonyl (C=O) groups excluding carboxylic acids is 1. The van der Waals surface area contributed by atoms with Gasteiger partial charge in [-0.3, -0.25) is 9.69 Å². The van der Waals surface area contributed by atoms with E-state index in [0.29, 0.717) is 4.34 Å². The number of hydrogen-bond donors (Lipinski definition) is 0. The highest BCUT2D eigenvalue weighted by Crippen LogP contribution is 2.29. The fraction of sp³-hybridized carbons (Fsp3) is 0.200. The third-order valence-electron chi connectivity index (χ3n) is 2.17. The van der Waals surface area contributed by atoms with Gasteiger partial charge in [0.2, 0.25) is 5.91 Å². The summed E-state index contributed by atoms with van der Waals surface area (Å²) in [4.78, 5) is 12.9. The SMILES string of the molecule is C=CCN1C(=O)CS/C1=N/S(=O)(=O)c1ccc(Cl)s1. The Labute approximate surface area is 124 Å². The summed E-state index contributed by atoms with van der Waals surface area (Å²) in [7, 11) is -3.82. The third kappa shape index (κ3) is 3.19. The maximum absolute atomic E-state index is 12.0. The zero-order chi connectivity index (χ0) is 14.0. The monoisotopic (exact) mass is 336 g/mol. The number of carbonyl (C=O) groups is 1. The number of nitrogens with zero attached hydrogens (tertiary/aromatic N) is 2. The minimum absolute atomic E-state index is 0.0588. The van der Waals surface area contributed by atoms with Crippen LogP contribution in [0, 0.1) is 0 Å². The molecule has 0 aromatic carbocycles. The van der Waals surface area contributed by atoms with Gasteiger partial charge in [-0.05, 0) is 12.1 Å². The average Bonchev–Trinajstić information content (AvgIpc) is 2.90. The van der Waals surface area contributed by atoms with Crippen molar-refractivity contribution in [1.82, 2.24) is 4.90 Å². The molecule has 1 aromatic rings. The highest BCUT2D eigenvalue weighted by Gasteiger charge is 2.29. The largest absolute Gasteiger partial charge is 0.294 e. The molecule has 2 heterocycles. The van der Waals surface area contributed by atoms with Crippen LogP contribution in [0.4, 0.5) is 0 Å². The Hall–Kier alpha value is -0.830. The number of thiophene rings is 1. The number of hydrogen-bond acceptors (Lipinski definition) is 5. The first-order chi connectivity index (χ1) is 8.94. The molecule has 19 heavy (non-hydrogen) atoms. The summed E-state index contributed by atoms with van der Waals surface area (Å²) in [5.41, 5.74) is 0. The lowest BCUT2D eigenvalue weighted by Crippen LogP contribution is -2.30. The van der Waals surface area contributed by atoms with Crippen LogP contribution in [-0.2, 0) is 14.8 Å². The highest BCUT2D eigenvalue weighted by molar-refractivity contribution is 8.15. The first-order valence-corrected chi connectivity index (χ1v) is 8.70. The Morgan fingerprint density at radius 1 is 1.53 bits per heavy atom. The predicted octanol–water partition coefficient (Wildman–Crippen LogP) is 2.21. The molecule has 1 aromatic heterocycles. The summed E-state index contributed by atoms with van der Waals surface area (Å²) in [5, 5.41) is 0.175. The fourth-order valence-electron chi connectivity index (χ4n) is 1.36. The Kier molecular flexibility index (Phi) is 4.34. The summed E-state index contributed by atoms with van der Waals surface area (Å²) in [6.45, 7) is 3.77. The first kappa shape index (κ1) is 14.6. The van der Waals surface area contributed by atoms with Gasteiger partial charge in [-0.15, -0.1) is 22.3 Å². The Morgan fingerprint density at radius 3 is 2.84 bits per heavy atom. The van der Waals surface area contributed by atoms with Crippen molar-refractivity contribution in [3.05, 3.63) is 29.1 Å². The fourth-order valence-corrected chi connectivity index (χ4v) is 4.95. The van der Waals surface area contributed by atoms with Crippen molar-refractivity contribution in [3.8, 4) is 0 Å². The van der Waals surface area contributed by atoms with E-state index in [1.54, 1.807) is 0 Å². The van der Waals surface area contributed by atoms with Crippen molar-refractivity contribution >= 4 is 55.8 Å². The minimum atomic E-state index is -3.82. The van der Waals surface area contributed by atoms with Gasteiger partial charge >= 0.3 is 0 Å². The quantitative estimate of drug-likeness (QED) is 0.791. The van der Waals surface area contributed by atoms with E-state index in [-0.39, 0.29) is 27.6 Å². The normalized spacial score (nSPS) is 18.3. The number of amides is 1. The van der Waals surface area contributed by atoms with Gasteiger partial charge in [0.25, 0.3) is 10.0 Å². The van der Waals surface area contributed by atoms with Crippen molar-refractivity contribution in [2.75, 3.05) is 12.3 Å². The molecule has 9 heteroatoms. The zero-order valence-electron chi connectivity index (χ0n) is 9.58. The second-order valence-electron chi connectivity index (χ2n) is 3.49. The van der Waals surface area contributed by atoms with Crippen LogP contribution < -0.4 is 0 Å². The predicted molar refractivity (Wildman–Crippen MR) is 78.3 cm³/mol. The van der Waals surface area contributed by atoms with E-state index in [2.05, 4.69) is 11.0 Å². The van der Waals surface area contributed by atoms with E-state index in [4.69, 9.17) is 11.6 Å². The van der Waals surface area contributed by atoms with Crippen LogP contribution in [0.2, 0.25) is 4.34 Å². The van der Waals surface area contributed by atoms with E-state index in [1.807, 2.05) is 0 Å². The van der Waals surface area contributed by atoms with Gasteiger partial charge in [-0.2, -0.15) is 8.42 Å². The average molecular weight is 337 g/mol. The molecule has 2 rings (SSSR count). The van der Waals surface area contributed by atoms with Crippen LogP contribution in [0.5, 0.6) is 0 Å². The van der Waals surface area contributed by atoms with Gasteiger partial charge in [0, 0.05) is 6.54 Å². The molecule has 1 amide bonds. The molecule has 0 aliphatic carbocycles. The van der Waals surface area contributed by atoms with Crippen LogP contribution in [0.3, 0.4) is 0 Å². The molecular formula is C10H9ClN2O3S3. The molecule has 0 atom stereocenters. The van der Waals surface area contributed by atoms with Crippen LogP contribution in [0.15, 0.2) is 33.4 Å². The van der Waals surface area contributed by atoms with Crippen LogP contribution >= 0.6 is 34.7 Å². The molecule has 0 radical (unpaired) electrons.